The second kappa shape index (κ2) is 6.58. The van der Waals surface area contributed by atoms with Crippen molar-refractivity contribution in [3.63, 3.8) is 0 Å². The van der Waals surface area contributed by atoms with E-state index in [-0.39, 0.29) is 5.84 Å². The van der Waals surface area contributed by atoms with E-state index in [1.54, 1.807) is 18.0 Å². The lowest BCUT2D eigenvalue weighted by molar-refractivity contribution is 0.599. The summed E-state index contributed by atoms with van der Waals surface area (Å²) in [5.41, 5.74) is 6.37. The molecule has 0 spiro atoms. The van der Waals surface area contributed by atoms with Crippen molar-refractivity contribution in [2.24, 2.45) is 15.3 Å². The zero-order valence-electron chi connectivity index (χ0n) is 9.11. The standard InChI is InChI=1S/C9H14N4O2S2/c10-9(13-17(11,14)15)4-6-16-7-8-3-1-2-5-12-8/h1-3,5H,4,6-7H2,(H2,10,13)(H2,11,14,15). The van der Waals surface area contributed by atoms with Crippen LogP contribution in [0.25, 0.3) is 0 Å². The Morgan fingerprint density at radius 2 is 2.24 bits per heavy atom. The maximum Gasteiger partial charge on any atom is 0.318 e. The van der Waals surface area contributed by atoms with Crippen LogP contribution in [-0.4, -0.2) is 25.0 Å². The van der Waals surface area contributed by atoms with Gasteiger partial charge in [-0.25, -0.2) is 5.14 Å². The summed E-state index contributed by atoms with van der Waals surface area (Å²) in [5.74, 6) is 1.45. The first-order valence-electron chi connectivity index (χ1n) is 4.82. The molecule has 17 heavy (non-hydrogen) atoms. The number of nitrogens with two attached hydrogens (primary N) is 2. The number of hydrogen-bond acceptors (Lipinski definition) is 4. The molecule has 1 aromatic heterocycles. The van der Waals surface area contributed by atoms with Crippen LogP contribution in [0.4, 0.5) is 0 Å². The number of amidine groups is 1. The van der Waals surface area contributed by atoms with Crippen molar-refractivity contribution in [1.82, 2.24) is 4.98 Å². The summed E-state index contributed by atoms with van der Waals surface area (Å²) >= 11 is 1.60. The van der Waals surface area contributed by atoms with E-state index in [4.69, 9.17) is 10.9 Å². The quantitative estimate of drug-likeness (QED) is 0.439. The van der Waals surface area contributed by atoms with Gasteiger partial charge in [0.25, 0.3) is 0 Å². The van der Waals surface area contributed by atoms with Crippen LogP contribution in [-0.2, 0) is 16.0 Å². The van der Waals surface area contributed by atoms with Crippen molar-refractivity contribution in [3.8, 4) is 0 Å². The van der Waals surface area contributed by atoms with Gasteiger partial charge in [0.15, 0.2) is 0 Å². The molecule has 0 aromatic carbocycles. The fourth-order valence-electron chi connectivity index (χ4n) is 1.05. The van der Waals surface area contributed by atoms with Gasteiger partial charge in [0.1, 0.15) is 5.84 Å². The molecule has 0 radical (unpaired) electrons. The zero-order chi connectivity index (χ0) is 12.7. The van der Waals surface area contributed by atoms with E-state index in [2.05, 4.69) is 9.38 Å². The molecule has 0 atom stereocenters. The predicted molar refractivity (Wildman–Crippen MR) is 69.7 cm³/mol. The van der Waals surface area contributed by atoms with Gasteiger partial charge in [0, 0.05) is 24.1 Å². The van der Waals surface area contributed by atoms with Crippen LogP contribution in [0, 0.1) is 0 Å². The number of hydrogen-bond donors (Lipinski definition) is 2. The van der Waals surface area contributed by atoms with Gasteiger partial charge < -0.3 is 5.73 Å². The minimum atomic E-state index is -3.87. The lowest BCUT2D eigenvalue weighted by atomic mass is 10.4. The highest BCUT2D eigenvalue weighted by Crippen LogP contribution is 2.10. The molecule has 0 saturated carbocycles. The van der Waals surface area contributed by atoms with Crippen molar-refractivity contribution in [2.75, 3.05) is 5.75 Å². The summed E-state index contributed by atoms with van der Waals surface area (Å²) in [6, 6.07) is 5.69. The lowest BCUT2D eigenvalue weighted by Gasteiger charge is -2.01. The Hall–Kier alpha value is -1.12. The van der Waals surface area contributed by atoms with E-state index in [1.165, 1.54) is 0 Å². The smallest absolute Gasteiger partial charge is 0.318 e. The summed E-state index contributed by atoms with van der Waals surface area (Å²) in [5, 5.41) is 4.72. The fourth-order valence-corrected chi connectivity index (χ4v) is 2.34. The van der Waals surface area contributed by atoms with Crippen LogP contribution in [0.15, 0.2) is 28.8 Å². The van der Waals surface area contributed by atoms with Crippen LogP contribution in [0.5, 0.6) is 0 Å². The third-order valence-electron chi connectivity index (χ3n) is 1.72. The highest BCUT2D eigenvalue weighted by Gasteiger charge is 2.01. The number of pyridine rings is 1. The van der Waals surface area contributed by atoms with E-state index >= 15 is 0 Å². The second-order valence-corrected chi connectivity index (χ2v) is 5.54. The van der Waals surface area contributed by atoms with E-state index in [0.717, 1.165) is 11.4 Å². The molecule has 0 aliphatic rings. The fraction of sp³-hybridized carbons (Fsp3) is 0.333. The summed E-state index contributed by atoms with van der Waals surface area (Å²) in [6.45, 7) is 0. The van der Waals surface area contributed by atoms with Crippen molar-refractivity contribution < 1.29 is 8.42 Å². The van der Waals surface area contributed by atoms with Gasteiger partial charge in [-0.3, -0.25) is 4.98 Å². The molecule has 8 heteroatoms. The van der Waals surface area contributed by atoms with Gasteiger partial charge in [-0.05, 0) is 12.1 Å². The molecule has 0 aliphatic carbocycles. The number of thioether (sulfide) groups is 1. The van der Waals surface area contributed by atoms with Gasteiger partial charge in [-0.1, -0.05) is 6.07 Å². The Balaban J connectivity index is 2.28. The average molecular weight is 274 g/mol. The van der Waals surface area contributed by atoms with E-state index in [9.17, 15) is 8.42 Å². The molecular formula is C9H14N4O2S2. The van der Waals surface area contributed by atoms with Gasteiger partial charge in [0.2, 0.25) is 0 Å². The minimum absolute atomic E-state index is 0.0287. The van der Waals surface area contributed by atoms with Crippen molar-refractivity contribution >= 4 is 27.8 Å². The van der Waals surface area contributed by atoms with Crippen molar-refractivity contribution in [2.45, 2.75) is 12.2 Å². The largest absolute Gasteiger partial charge is 0.386 e. The predicted octanol–water partition coefficient (Wildman–Crippen LogP) is 0.266. The Labute approximate surface area is 105 Å². The molecule has 6 nitrogen and oxygen atoms in total. The monoisotopic (exact) mass is 274 g/mol. The van der Waals surface area contributed by atoms with Crippen LogP contribution in [0.3, 0.4) is 0 Å². The van der Waals surface area contributed by atoms with Crippen LogP contribution >= 0.6 is 11.8 Å². The lowest BCUT2D eigenvalue weighted by Crippen LogP contribution is -2.19. The number of rotatable bonds is 6. The zero-order valence-corrected chi connectivity index (χ0v) is 10.7. The summed E-state index contributed by atoms with van der Waals surface area (Å²) < 4.78 is 24.3. The summed E-state index contributed by atoms with van der Waals surface area (Å²) in [4.78, 5) is 4.16. The van der Waals surface area contributed by atoms with Crippen LogP contribution < -0.4 is 10.9 Å². The SMILES string of the molecule is N/C(CCSCc1ccccn1)=N\S(N)(=O)=O. The summed E-state index contributed by atoms with van der Waals surface area (Å²) in [7, 11) is -3.87. The topological polar surface area (TPSA) is 111 Å². The molecule has 1 aromatic rings. The van der Waals surface area contributed by atoms with Crippen molar-refractivity contribution in [3.05, 3.63) is 30.1 Å². The Kier molecular flexibility index (Phi) is 5.39. The molecule has 4 N–H and O–H groups in total. The molecule has 1 rings (SSSR count). The van der Waals surface area contributed by atoms with Crippen LogP contribution in [0.1, 0.15) is 12.1 Å². The third-order valence-corrected chi connectivity index (χ3v) is 3.20. The molecule has 0 unspecified atom stereocenters. The van der Waals surface area contributed by atoms with E-state index < -0.39 is 10.2 Å². The molecule has 0 fully saturated rings. The highest BCUT2D eigenvalue weighted by molar-refractivity contribution is 7.98. The first kappa shape index (κ1) is 13.9. The molecule has 0 saturated heterocycles. The first-order valence-corrected chi connectivity index (χ1v) is 7.48. The number of nitrogens with zero attached hydrogens (tertiary/aromatic N) is 2. The molecule has 0 bridgehead atoms. The van der Waals surface area contributed by atoms with Crippen LogP contribution in [0.2, 0.25) is 0 Å². The highest BCUT2D eigenvalue weighted by atomic mass is 32.2. The molecule has 1 heterocycles. The average Bonchev–Trinajstić information content (AvgIpc) is 2.23. The minimum Gasteiger partial charge on any atom is -0.386 e. The molecule has 0 amide bonds. The normalized spacial score (nSPS) is 12.6. The molecular weight excluding hydrogens is 260 g/mol. The van der Waals surface area contributed by atoms with E-state index in [1.807, 2.05) is 18.2 Å². The summed E-state index contributed by atoms with van der Waals surface area (Å²) in [6.07, 6.45) is 2.11. The van der Waals surface area contributed by atoms with Crippen molar-refractivity contribution in [1.29, 1.82) is 0 Å². The Morgan fingerprint density at radius 3 is 2.82 bits per heavy atom. The van der Waals surface area contributed by atoms with Gasteiger partial charge >= 0.3 is 10.2 Å². The third kappa shape index (κ3) is 6.93. The first-order chi connectivity index (χ1) is 7.97. The van der Waals surface area contributed by atoms with E-state index in [0.29, 0.717) is 12.2 Å². The van der Waals surface area contributed by atoms with Gasteiger partial charge in [0.05, 0.1) is 5.69 Å². The molecule has 0 aliphatic heterocycles. The second-order valence-electron chi connectivity index (χ2n) is 3.22. The van der Waals surface area contributed by atoms with Gasteiger partial charge in [-0.2, -0.15) is 20.2 Å². The van der Waals surface area contributed by atoms with Gasteiger partial charge in [-0.15, -0.1) is 4.40 Å². The number of aromatic nitrogens is 1. The maximum absolute atomic E-state index is 10.6. The Morgan fingerprint density at radius 1 is 1.47 bits per heavy atom. The molecule has 94 valence electrons. The Bertz CT molecular complexity index is 473. The maximum atomic E-state index is 10.6.